The quantitative estimate of drug-likeness (QED) is 0.149. The van der Waals surface area contributed by atoms with E-state index < -0.39 is 24.8 Å². The summed E-state index contributed by atoms with van der Waals surface area (Å²) in [4.78, 5) is 5.02. The van der Waals surface area contributed by atoms with Gasteiger partial charge in [0.15, 0.2) is 0 Å². The number of nitrogens with zero attached hydrogens (tertiary/aromatic N) is 3. The lowest BCUT2D eigenvalue weighted by molar-refractivity contribution is 0.569. The van der Waals surface area contributed by atoms with E-state index in [1.807, 2.05) is 12.1 Å². The van der Waals surface area contributed by atoms with Gasteiger partial charge in [-0.25, -0.2) is 0 Å². The molecule has 0 unspecified atom stereocenters. The molecule has 2 aliphatic heterocycles. The van der Waals surface area contributed by atoms with Crippen molar-refractivity contribution < 1.29 is 15.7 Å². The van der Waals surface area contributed by atoms with Gasteiger partial charge in [0, 0.05) is 44.3 Å². The van der Waals surface area contributed by atoms with Gasteiger partial charge in [-0.2, -0.15) is 0 Å². The molecule has 0 atom stereocenters. The second kappa shape index (κ2) is 23.2. The molecule has 16 aromatic rings. The highest BCUT2D eigenvalue weighted by Gasteiger charge is 2.46. The summed E-state index contributed by atoms with van der Waals surface area (Å²) in [5, 5.41) is 6.15. The van der Waals surface area contributed by atoms with Crippen LogP contribution >= 0.6 is 0 Å². The molecule has 510 valence electrons. The van der Waals surface area contributed by atoms with Gasteiger partial charge in [0.1, 0.15) is 22.3 Å². The molecule has 0 spiro atoms. The average Bonchev–Trinajstić information content (AvgIpc) is 1.54. The van der Waals surface area contributed by atoms with E-state index in [1.165, 1.54) is 27.8 Å². The Morgan fingerprint density at radius 1 is 0.288 bits per heavy atom. The third kappa shape index (κ3) is 10.6. The van der Waals surface area contributed by atoms with E-state index in [-0.39, 0.29) is 44.7 Å². The number of benzene rings is 13. The van der Waals surface area contributed by atoms with Crippen LogP contribution in [0, 0.1) is 0 Å². The van der Waals surface area contributed by atoms with Crippen molar-refractivity contribution >= 4 is 123 Å². The third-order valence-electron chi connectivity index (χ3n) is 22.2. The number of aromatic nitrogens is 1. The van der Waals surface area contributed by atoms with Crippen molar-refractivity contribution in [2.24, 2.45) is 0 Å². The standard InChI is InChI=1S/C98H88BN3O2/c1-94(2,3)67-32-26-31-61(45-67)66-51-83(91-73-33-22-24-35-87(73)104-90(91)53-66)101-81-42-38-62(59-27-18-16-19-28-59)48-78(81)99-77-41-37-63(64-46-70(97(10,11)12)54-71(47-64)98(13,14)15)49-82(77)102(84-50-65(60-29-20-17-21-30-60)52-89-92(84)74-34-23-25-36-88(74)103-89)86-58-72(57-85(101)93(86)99)100-79-43-39-68(95(4,5)6)55-75(79)76-56-69(96(7,8)9)40-44-80(76)100/h16-58H,1-15H3/i16D,18D,19D,27D,28D. The van der Waals surface area contributed by atoms with Crippen LogP contribution < -0.4 is 26.2 Å². The summed E-state index contributed by atoms with van der Waals surface area (Å²) in [7, 11) is 0. The Morgan fingerprint density at radius 3 is 1.30 bits per heavy atom. The van der Waals surface area contributed by atoms with Crippen LogP contribution in [0.15, 0.2) is 270 Å². The Balaban J connectivity index is 1.06. The minimum absolute atomic E-state index is 0.134. The molecule has 5 heterocycles. The van der Waals surface area contributed by atoms with Crippen LogP contribution in [-0.4, -0.2) is 11.3 Å². The van der Waals surface area contributed by atoms with Gasteiger partial charge in [0.25, 0.3) is 6.71 Å². The van der Waals surface area contributed by atoms with E-state index >= 15 is 0 Å². The lowest BCUT2D eigenvalue weighted by Gasteiger charge is -2.45. The molecule has 104 heavy (non-hydrogen) atoms. The molecule has 18 rings (SSSR count). The summed E-state index contributed by atoms with van der Waals surface area (Å²) in [6.45, 7) is 33.8. The molecule has 3 aromatic heterocycles. The van der Waals surface area contributed by atoms with E-state index in [1.54, 1.807) is 0 Å². The zero-order valence-corrected chi connectivity index (χ0v) is 62.2. The largest absolute Gasteiger partial charge is 0.456 e. The predicted molar refractivity (Wildman–Crippen MR) is 445 cm³/mol. The van der Waals surface area contributed by atoms with Crippen LogP contribution in [0.25, 0.3) is 116 Å². The maximum atomic E-state index is 9.67. The Kier molecular flexibility index (Phi) is 13.3. The summed E-state index contributed by atoms with van der Waals surface area (Å²) < 4.78 is 63.4. The zero-order chi connectivity index (χ0) is 76.2. The summed E-state index contributed by atoms with van der Waals surface area (Å²) in [6, 6.07) is 83.2. The third-order valence-corrected chi connectivity index (χ3v) is 22.2. The molecule has 0 aliphatic carbocycles. The van der Waals surface area contributed by atoms with Crippen molar-refractivity contribution in [1.82, 2.24) is 4.57 Å². The SMILES string of the molecule is [2H]c1c([2H])c([2H])c(-c2ccc3c(c2)B2c4ccc(-c5cc(C(C)(C)C)cc(C(C)(C)C)c5)cc4N(c4cc(-c5ccccc5)cc5oc6ccccc6c45)c4cc(-n5c6ccc(C(C)(C)C)cc6c6cc(C(C)(C)C)ccc65)cc(c42)N3c2cc(-c3cccc(C(C)(C)C)c3)cc3oc4ccccc4c23)c([2H])c1[2H]. The minimum Gasteiger partial charge on any atom is -0.456 e. The predicted octanol–water partition coefficient (Wildman–Crippen LogP) is 25.8. The van der Waals surface area contributed by atoms with Crippen molar-refractivity contribution in [3.8, 4) is 50.2 Å². The lowest BCUT2D eigenvalue weighted by atomic mass is 9.33. The Bertz CT molecular complexity index is 6410. The maximum Gasteiger partial charge on any atom is 0.252 e. The molecule has 6 heteroatoms. The Hall–Kier alpha value is -11.1. The summed E-state index contributed by atoms with van der Waals surface area (Å²) >= 11 is 0. The first-order valence-corrected chi connectivity index (χ1v) is 36.7. The van der Waals surface area contributed by atoms with Crippen LogP contribution in [-0.2, 0) is 27.1 Å². The molecule has 0 N–H and O–H groups in total. The molecule has 13 aromatic carbocycles. The van der Waals surface area contributed by atoms with Crippen LogP contribution in [0.4, 0.5) is 34.1 Å². The highest BCUT2D eigenvalue weighted by atomic mass is 16.3. The molecule has 0 amide bonds. The second-order valence-corrected chi connectivity index (χ2v) is 34.3. The second-order valence-electron chi connectivity index (χ2n) is 34.3. The lowest BCUT2D eigenvalue weighted by Crippen LogP contribution is -2.61. The van der Waals surface area contributed by atoms with Gasteiger partial charge in [0.05, 0.1) is 45.7 Å². The first-order chi connectivity index (χ1) is 51.8. The fourth-order valence-corrected chi connectivity index (χ4v) is 16.4. The number of para-hydroxylation sites is 2. The van der Waals surface area contributed by atoms with Crippen molar-refractivity contribution in [1.29, 1.82) is 0 Å². The van der Waals surface area contributed by atoms with E-state index in [0.717, 1.165) is 155 Å². The summed E-state index contributed by atoms with van der Waals surface area (Å²) in [5.74, 6) is 0. The fraction of sp³-hybridized carbons (Fsp3) is 0.204. The Labute approximate surface area is 619 Å². The molecule has 0 saturated heterocycles. The van der Waals surface area contributed by atoms with Gasteiger partial charge >= 0.3 is 0 Å². The number of hydrogen-bond donors (Lipinski definition) is 0. The first kappa shape index (κ1) is 59.5. The molecule has 0 saturated carbocycles. The molecule has 5 nitrogen and oxygen atoms in total. The maximum absolute atomic E-state index is 9.67. The van der Waals surface area contributed by atoms with Gasteiger partial charge in [-0.05, 0) is 201 Å². The fourth-order valence-electron chi connectivity index (χ4n) is 16.4. The minimum atomic E-state index is -0.541. The highest BCUT2D eigenvalue weighted by Crippen LogP contribution is 2.54. The van der Waals surface area contributed by atoms with E-state index in [2.05, 4.69) is 337 Å². The van der Waals surface area contributed by atoms with Crippen LogP contribution in [0.3, 0.4) is 0 Å². The smallest absolute Gasteiger partial charge is 0.252 e. The zero-order valence-electron chi connectivity index (χ0n) is 67.2. The summed E-state index contributed by atoms with van der Waals surface area (Å²) in [5.41, 5.74) is 26.7. The number of anilines is 6. The molecule has 0 bridgehead atoms. The van der Waals surface area contributed by atoms with Gasteiger partial charge in [-0.3, -0.25) is 0 Å². The monoisotopic (exact) mass is 1350 g/mol. The average molecular weight is 1360 g/mol. The van der Waals surface area contributed by atoms with Crippen molar-refractivity contribution in [3.63, 3.8) is 0 Å². The molecule has 0 radical (unpaired) electrons. The molecular formula is C98H88BN3O2. The van der Waals surface area contributed by atoms with Crippen LogP contribution in [0.1, 0.15) is 139 Å². The highest BCUT2D eigenvalue weighted by molar-refractivity contribution is 7.00. The molecular weight excluding hydrogens is 1260 g/mol. The number of fused-ring (bicyclic) bond motifs is 13. The van der Waals surface area contributed by atoms with Gasteiger partial charge < -0.3 is 23.2 Å². The Morgan fingerprint density at radius 2 is 0.740 bits per heavy atom. The van der Waals surface area contributed by atoms with Crippen LogP contribution in [0.2, 0.25) is 0 Å². The molecule has 0 fully saturated rings. The van der Waals surface area contributed by atoms with E-state index in [4.69, 9.17) is 10.2 Å². The van der Waals surface area contributed by atoms with Crippen molar-refractivity contribution in [2.45, 2.75) is 131 Å². The number of rotatable bonds is 7. The topological polar surface area (TPSA) is 37.7 Å². The number of furan rings is 2. The van der Waals surface area contributed by atoms with Crippen molar-refractivity contribution in [2.75, 3.05) is 9.80 Å². The normalized spacial score (nSPS) is 14.1. The van der Waals surface area contributed by atoms with Gasteiger partial charge in [-0.1, -0.05) is 280 Å². The number of hydrogen-bond acceptors (Lipinski definition) is 4. The first-order valence-electron chi connectivity index (χ1n) is 39.2. The van der Waals surface area contributed by atoms with Crippen molar-refractivity contribution in [3.05, 3.63) is 289 Å². The summed E-state index contributed by atoms with van der Waals surface area (Å²) in [6.07, 6.45) is 0. The van der Waals surface area contributed by atoms with E-state index in [0.29, 0.717) is 5.56 Å². The molecule has 2 aliphatic rings. The van der Waals surface area contributed by atoms with Crippen LogP contribution in [0.5, 0.6) is 0 Å². The van der Waals surface area contributed by atoms with Gasteiger partial charge in [0.2, 0.25) is 0 Å². The van der Waals surface area contributed by atoms with E-state index in [9.17, 15) is 5.48 Å². The van der Waals surface area contributed by atoms with Gasteiger partial charge in [-0.15, -0.1) is 0 Å².